The van der Waals surface area contributed by atoms with Crippen molar-refractivity contribution < 1.29 is 24.2 Å². The van der Waals surface area contributed by atoms with Crippen molar-refractivity contribution in [1.29, 1.82) is 0 Å². The molecule has 1 heterocycles. The maximum atomic E-state index is 11.8. The average molecular weight is 270 g/mol. The van der Waals surface area contributed by atoms with Crippen LogP contribution in [0.1, 0.15) is 20.8 Å². The Morgan fingerprint density at radius 2 is 2.00 bits per heavy atom. The SMILES string of the molecule is CC1CN(C(=O)NC(=O)C=CC(=O)O)CC(C)(C)O1. The van der Waals surface area contributed by atoms with Gasteiger partial charge in [-0.05, 0) is 20.8 Å². The highest BCUT2D eigenvalue weighted by Crippen LogP contribution is 2.20. The standard InChI is InChI=1S/C12H18N2O5/c1-8-6-14(7-12(2,3)19-8)11(18)13-9(15)4-5-10(16)17/h4-5,8H,6-7H2,1-3H3,(H,16,17)(H,13,15,18). The van der Waals surface area contributed by atoms with E-state index in [1.165, 1.54) is 4.90 Å². The fraction of sp³-hybridized carbons (Fsp3) is 0.583. The maximum absolute atomic E-state index is 11.8. The number of carboxylic acids is 1. The van der Waals surface area contributed by atoms with Crippen molar-refractivity contribution in [3.05, 3.63) is 12.2 Å². The molecule has 7 nitrogen and oxygen atoms in total. The van der Waals surface area contributed by atoms with Gasteiger partial charge in [0.15, 0.2) is 0 Å². The maximum Gasteiger partial charge on any atom is 0.328 e. The molecule has 0 aromatic heterocycles. The van der Waals surface area contributed by atoms with E-state index < -0.39 is 23.5 Å². The first-order chi connectivity index (χ1) is 8.69. The summed E-state index contributed by atoms with van der Waals surface area (Å²) in [5.74, 6) is -2.01. The summed E-state index contributed by atoms with van der Waals surface area (Å²) in [5, 5.41) is 10.5. The summed E-state index contributed by atoms with van der Waals surface area (Å²) in [4.78, 5) is 34.9. The first-order valence-corrected chi connectivity index (χ1v) is 5.88. The molecule has 0 bridgehead atoms. The molecular formula is C12H18N2O5. The summed E-state index contributed by atoms with van der Waals surface area (Å²) in [6.07, 6.45) is 1.35. The zero-order chi connectivity index (χ0) is 14.6. The molecule has 19 heavy (non-hydrogen) atoms. The van der Waals surface area contributed by atoms with Crippen molar-refractivity contribution in [2.45, 2.75) is 32.5 Å². The second kappa shape index (κ2) is 5.83. The molecule has 3 amide bonds. The highest BCUT2D eigenvalue weighted by atomic mass is 16.5. The fourth-order valence-electron chi connectivity index (χ4n) is 1.98. The molecule has 0 radical (unpaired) electrons. The first kappa shape index (κ1) is 15.2. The highest BCUT2D eigenvalue weighted by Gasteiger charge is 2.33. The Hall–Kier alpha value is -1.89. The molecule has 1 rings (SSSR count). The molecule has 0 aliphatic carbocycles. The van der Waals surface area contributed by atoms with Crippen LogP contribution in [0.4, 0.5) is 4.79 Å². The van der Waals surface area contributed by atoms with Gasteiger partial charge >= 0.3 is 12.0 Å². The molecule has 0 aromatic carbocycles. The number of hydrogen-bond donors (Lipinski definition) is 2. The van der Waals surface area contributed by atoms with Crippen LogP contribution in [-0.4, -0.2) is 52.7 Å². The zero-order valence-electron chi connectivity index (χ0n) is 11.2. The summed E-state index contributed by atoms with van der Waals surface area (Å²) in [6, 6.07) is -0.553. The second-order valence-electron chi connectivity index (χ2n) is 5.03. The van der Waals surface area contributed by atoms with Gasteiger partial charge in [0, 0.05) is 18.7 Å². The number of carbonyl (C=O) groups is 3. The number of ether oxygens (including phenoxy) is 1. The number of nitrogens with one attached hydrogen (secondary N) is 1. The van der Waals surface area contributed by atoms with E-state index in [1.54, 1.807) is 0 Å². The predicted molar refractivity (Wildman–Crippen MR) is 66.5 cm³/mol. The van der Waals surface area contributed by atoms with Crippen LogP contribution in [0.5, 0.6) is 0 Å². The molecule has 1 aliphatic rings. The largest absolute Gasteiger partial charge is 0.478 e. The van der Waals surface area contributed by atoms with Gasteiger partial charge in [0.1, 0.15) is 0 Å². The van der Waals surface area contributed by atoms with Crippen LogP contribution < -0.4 is 5.32 Å². The molecule has 1 unspecified atom stereocenters. The van der Waals surface area contributed by atoms with Crippen LogP contribution in [0.3, 0.4) is 0 Å². The number of amides is 3. The molecule has 2 N–H and O–H groups in total. The second-order valence-corrected chi connectivity index (χ2v) is 5.03. The number of carbonyl (C=O) groups excluding carboxylic acids is 2. The number of imide groups is 1. The van der Waals surface area contributed by atoms with Gasteiger partial charge in [-0.3, -0.25) is 10.1 Å². The molecule has 1 aliphatic heterocycles. The van der Waals surface area contributed by atoms with E-state index >= 15 is 0 Å². The molecule has 0 aromatic rings. The highest BCUT2D eigenvalue weighted by molar-refractivity contribution is 6.02. The number of carboxylic acid groups (broad SMARTS) is 1. The van der Waals surface area contributed by atoms with Crippen molar-refractivity contribution in [1.82, 2.24) is 10.2 Å². The number of rotatable bonds is 2. The third-order valence-electron chi connectivity index (χ3n) is 2.46. The lowest BCUT2D eigenvalue weighted by atomic mass is 10.1. The minimum absolute atomic E-state index is 0.126. The van der Waals surface area contributed by atoms with Gasteiger partial charge in [0.25, 0.3) is 5.91 Å². The topological polar surface area (TPSA) is 95.9 Å². The van der Waals surface area contributed by atoms with Crippen molar-refractivity contribution in [2.75, 3.05) is 13.1 Å². The van der Waals surface area contributed by atoms with Crippen molar-refractivity contribution in [3.63, 3.8) is 0 Å². The van der Waals surface area contributed by atoms with Gasteiger partial charge in [-0.2, -0.15) is 0 Å². The molecule has 1 fully saturated rings. The molecular weight excluding hydrogens is 252 g/mol. The van der Waals surface area contributed by atoms with E-state index in [-0.39, 0.29) is 6.10 Å². The third-order valence-corrected chi connectivity index (χ3v) is 2.46. The molecule has 1 atom stereocenters. The van der Waals surface area contributed by atoms with E-state index in [0.717, 1.165) is 6.08 Å². The Balaban J connectivity index is 2.58. The van der Waals surface area contributed by atoms with Crippen molar-refractivity contribution >= 4 is 17.9 Å². The van der Waals surface area contributed by atoms with E-state index in [4.69, 9.17) is 9.84 Å². The summed E-state index contributed by atoms with van der Waals surface area (Å²) >= 11 is 0. The Labute approximate surface area is 111 Å². The van der Waals surface area contributed by atoms with Gasteiger partial charge in [0.2, 0.25) is 0 Å². The number of aliphatic carboxylic acids is 1. The van der Waals surface area contributed by atoms with Gasteiger partial charge in [-0.25, -0.2) is 9.59 Å². The smallest absolute Gasteiger partial charge is 0.328 e. The van der Waals surface area contributed by atoms with E-state index in [2.05, 4.69) is 5.32 Å². The van der Waals surface area contributed by atoms with Gasteiger partial charge in [-0.15, -0.1) is 0 Å². The molecule has 0 spiro atoms. The fourth-order valence-corrected chi connectivity index (χ4v) is 1.98. The monoisotopic (exact) mass is 270 g/mol. The van der Waals surface area contributed by atoms with Gasteiger partial charge < -0.3 is 14.7 Å². The minimum Gasteiger partial charge on any atom is -0.478 e. The van der Waals surface area contributed by atoms with Crippen LogP contribution in [0.2, 0.25) is 0 Å². The Morgan fingerprint density at radius 3 is 2.53 bits per heavy atom. The summed E-state index contributed by atoms with van der Waals surface area (Å²) < 4.78 is 5.64. The van der Waals surface area contributed by atoms with Crippen LogP contribution in [0.25, 0.3) is 0 Å². The number of nitrogens with zero attached hydrogens (tertiary/aromatic N) is 1. The number of urea groups is 1. The van der Waals surface area contributed by atoms with Gasteiger partial charge in [-0.1, -0.05) is 0 Å². The molecule has 1 saturated heterocycles. The van der Waals surface area contributed by atoms with Crippen LogP contribution in [0.15, 0.2) is 12.2 Å². The van der Waals surface area contributed by atoms with E-state index in [9.17, 15) is 14.4 Å². The lowest BCUT2D eigenvalue weighted by Crippen LogP contribution is -2.56. The lowest BCUT2D eigenvalue weighted by molar-refractivity contribution is -0.131. The van der Waals surface area contributed by atoms with Gasteiger partial charge in [0.05, 0.1) is 18.2 Å². The van der Waals surface area contributed by atoms with Crippen LogP contribution in [0, 0.1) is 0 Å². The van der Waals surface area contributed by atoms with Crippen molar-refractivity contribution in [2.24, 2.45) is 0 Å². The minimum atomic E-state index is -1.25. The Morgan fingerprint density at radius 1 is 1.37 bits per heavy atom. The van der Waals surface area contributed by atoms with E-state index in [1.807, 2.05) is 20.8 Å². The summed E-state index contributed by atoms with van der Waals surface area (Å²) in [5.41, 5.74) is -0.477. The van der Waals surface area contributed by atoms with Crippen molar-refractivity contribution in [3.8, 4) is 0 Å². The van der Waals surface area contributed by atoms with Crippen LogP contribution in [-0.2, 0) is 14.3 Å². The number of hydrogen-bond acceptors (Lipinski definition) is 4. The molecule has 7 heteroatoms. The van der Waals surface area contributed by atoms with E-state index in [0.29, 0.717) is 19.2 Å². The van der Waals surface area contributed by atoms with Crippen LogP contribution >= 0.6 is 0 Å². The normalized spacial score (nSPS) is 22.3. The predicted octanol–water partition coefficient (Wildman–Crippen LogP) is 0.363. The average Bonchev–Trinajstić information content (AvgIpc) is 2.23. The zero-order valence-corrected chi connectivity index (χ0v) is 11.2. The Kier molecular flexibility index (Phi) is 4.66. The summed E-state index contributed by atoms with van der Waals surface area (Å²) in [7, 11) is 0. The Bertz CT molecular complexity index is 416. The quantitative estimate of drug-likeness (QED) is 0.706. The lowest BCUT2D eigenvalue weighted by Gasteiger charge is -2.41. The summed E-state index contributed by atoms with van der Waals surface area (Å²) in [6.45, 7) is 6.29. The first-order valence-electron chi connectivity index (χ1n) is 5.88. The molecule has 0 saturated carbocycles. The third kappa shape index (κ3) is 5.09. The number of morpholine rings is 1. The molecule has 106 valence electrons.